The SMILES string of the molecule is COc1ccc(CC(=O)N(Cc2ccc(Cl)cc2)C(C(=O)NCc2ccccn2)c2ccccc2)cc1OC. The van der Waals surface area contributed by atoms with Crippen LogP contribution in [0, 0.1) is 0 Å². The van der Waals surface area contributed by atoms with Gasteiger partial charge in [0.15, 0.2) is 11.5 Å². The number of rotatable bonds is 11. The predicted molar refractivity (Wildman–Crippen MR) is 151 cm³/mol. The van der Waals surface area contributed by atoms with Gasteiger partial charge in [-0.05, 0) is 53.1 Å². The molecule has 0 saturated carbocycles. The van der Waals surface area contributed by atoms with Crippen molar-refractivity contribution in [3.63, 3.8) is 0 Å². The topological polar surface area (TPSA) is 80.8 Å². The molecular formula is C31H30ClN3O4. The van der Waals surface area contributed by atoms with Gasteiger partial charge in [0.1, 0.15) is 6.04 Å². The average molecular weight is 544 g/mol. The van der Waals surface area contributed by atoms with Crippen molar-refractivity contribution in [1.29, 1.82) is 0 Å². The van der Waals surface area contributed by atoms with Gasteiger partial charge >= 0.3 is 0 Å². The maximum Gasteiger partial charge on any atom is 0.247 e. The molecule has 0 spiro atoms. The van der Waals surface area contributed by atoms with Crippen molar-refractivity contribution in [1.82, 2.24) is 15.2 Å². The van der Waals surface area contributed by atoms with E-state index in [0.29, 0.717) is 22.1 Å². The van der Waals surface area contributed by atoms with Gasteiger partial charge < -0.3 is 19.7 Å². The molecule has 1 unspecified atom stereocenters. The van der Waals surface area contributed by atoms with E-state index in [9.17, 15) is 9.59 Å². The molecule has 0 aliphatic rings. The molecule has 0 aliphatic carbocycles. The molecule has 39 heavy (non-hydrogen) atoms. The van der Waals surface area contributed by atoms with Crippen molar-refractivity contribution in [3.05, 3.63) is 125 Å². The molecule has 7 nitrogen and oxygen atoms in total. The zero-order chi connectivity index (χ0) is 27.6. The molecule has 1 heterocycles. The Morgan fingerprint density at radius 3 is 2.23 bits per heavy atom. The summed E-state index contributed by atoms with van der Waals surface area (Å²) in [6, 6.07) is 26.5. The molecule has 1 atom stereocenters. The van der Waals surface area contributed by atoms with E-state index in [1.54, 1.807) is 49.6 Å². The predicted octanol–water partition coefficient (Wildman–Crippen LogP) is 5.38. The van der Waals surface area contributed by atoms with E-state index in [0.717, 1.165) is 16.8 Å². The van der Waals surface area contributed by atoms with Crippen LogP contribution in [0.1, 0.15) is 28.4 Å². The van der Waals surface area contributed by atoms with Crippen molar-refractivity contribution >= 4 is 23.4 Å². The minimum atomic E-state index is -0.877. The molecule has 8 heteroatoms. The van der Waals surface area contributed by atoms with Crippen LogP contribution < -0.4 is 14.8 Å². The van der Waals surface area contributed by atoms with Crippen molar-refractivity contribution in [3.8, 4) is 11.5 Å². The molecule has 3 aromatic carbocycles. The van der Waals surface area contributed by atoms with E-state index >= 15 is 0 Å². The van der Waals surface area contributed by atoms with Gasteiger partial charge in [0, 0.05) is 17.8 Å². The first-order valence-corrected chi connectivity index (χ1v) is 12.8. The number of ether oxygens (including phenoxy) is 2. The number of hydrogen-bond donors (Lipinski definition) is 1. The van der Waals surface area contributed by atoms with Crippen LogP contribution in [-0.4, -0.2) is 35.9 Å². The largest absolute Gasteiger partial charge is 0.493 e. The van der Waals surface area contributed by atoms with Crippen LogP contribution in [0.5, 0.6) is 11.5 Å². The summed E-state index contributed by atoms with van der Waals surface area (Å²) >= 11 is 6.11. The number of halogens is 1. The first-order chi connectivity index (χ1) is 19.0. The molecule has 1 N–H and O–H groups in total. The van der Waals surface area contributed by atoms with E-state index < -0.39 is 6.04 Å². The second-order valence-electron chi connectivity index (χ2n) is 8.87. The highest BCUT2D eigenvalue weighted by molar-refractivity contribution is 6.30. The number of aromatic nitrogens is 1. The van der Waals surface area contributed by atoms with Gasteiger partial charge in [-0.1, -0.05) is 66.2 Å². The first kappa shape index (κ1) is 27.7. The second kappa shape index (κ2) is 13.4. The zero-order valence-corrected chi connectivity index (χ0v) is 22.6. The van der Waals surface area contributed by atoms with E-state index in [1.807, 2.05) is 66.7 Å². The lowest BCUT2D eigenvalue weighted by Crippen LogP contribution is -2.44. The molecule has 0 fully saturated rings. The summed E-state index contributed by atoms with van der Waals surface area (Å²) in [6.45, 7) is 0.446. The van der Waals surface area contributed by atoms with Gasteiger partial charge in [-0.3, -0.25) is 14.6 Å². The number of nitrogens with one attached hydrogen (secondary N) is 1. The molecule has 0 bridgehead atoms. The van der Waals surface area contributed by atoms with Gasteiger partial charge in [0.25, 0.3) is 0 Å². The monoisotopic (exact) mass is 543 g/mol. The molecule has 4 rings (SSSR count). The van der Waals surface area contributed by atoms with Crippen LogP contribution >= 0.6 is 11.6 Å². The molecule has 0 saturated heterocycles. The van der Waals surface area contributed by atoms with Crippen molar-refractivity contribution < 1.29 is 19.1 Å². The number of benzene rings is 3. The summed E-state index contributed by atoms with van der Waals surface area (Å²) in [5.74, 6) is 0.572. The van der Waals surface area contributed by atoms with Crippen LogP contribution in [0.25, 0.3) is 0 Å². The normalized spacial score (nSPS) is 11.4. The fraction of sp³-hybridized carbons (Fsp3) is 0.194. The highest BCUT2D eigenvalue weighted by atomic mass is 35.5. The van der Waals surface area contributed by atoms with E-state index in [2.05, 4.69) is 10.3 Å². The number of amides is 2. The molecule has 0 radical (unpaired) electrons. The third-order valence-electron chi connectivity index (χ3n) is 6.24. The van der Waals surface area contributed by atoms with E-state index in [-0.39, 0.29) is 31.3 Å². The minimum Gasteiger partial charge on any atom is -0.493 e. The molecule has 200 valence electrons. The van der Waals surface area contributed by atoms with E-state index in [1.165, 1.54) is 0 Å². The highest BCUT2D eigenvalue weighted by Crippen LogP contribution is 2.29. The standard InChI is InChI=1S/C31H30ClN3O4/c1-38-27-16-13-23(18-28(27)39-2)19-29(36)35(21-22-11-14-25(32)15-12-22)30(24-8-4-3-5-9-24)31(37)34-20-26-10-6-7-17-33-26/h3-18,30H,19-21H2,1-2H3,(H,34,37). The van der Waals surface area contributed by atoms with Crippen LogP contribution in [0.4, 0.5) is 0 Å². The quantitative estimate of drug-likeness (QED) is 0.275. The van der Waals surface area contributed by atoms with Crippen molar-refractivity contribution in [2.75, 3.05) is 14.2 Å². The molecule has 1 aromatic heterocycles. The Hall–Kier alpha value is -4.36. The third-order valence-corrected chi connectivity index (χ3v) is 6.49. The summed E-state index contributed by atoms with van der Waals surface area (Å²) < 4.78 is 10.8. The Kier molecular flexibility index (Phi) is 9.53. The highest BCUT2D eigenvalue weighted by Gasteiger charge is 2.31. The fourth-order valence-electron chi connectivity index (χ4n) is 4.26. The van der Waals surface area contributed by atoms with E-state index in [4.69, 9.17) is 21.1 Å². The van der Waals surface area contributed by atoms with Gasteiger partial charge in [-0.15, -0.1) is 0 Å². The second-order valence-corrected chi connectivity index (χ2v) is 9.30. The molecular weight excluding hydrogens is 514 g/mol. The number of carbonyl (C=O) groups excluding carboxylic acids is 2. The first-order valence-electron chi connectivity index (χ1n) is 12.5. The Bertz CT molecular complexity index is 1380. The summed E-state index contributed by atoms with van der Waals surface area (Å²) in [4.78, 5) is 33.6. The summed E-state index contributed by atoms with van der Waals surface area (Å²) in [7, 11) is 3.11. The number of pyridine rings is 1. The lowest BCUT2D eigenvalue weighted by atomic mass is 10.0. The van der Waals surface area contributed by atoms with Gasteiger partial charge in [-0.2, -0.15) is 0 Å². The van der Waals surface area contributed by atoms with Crippen molar-refractivity contribution in [2.24, 2.45) is 0 Å². The van der Waals surface area contributed by atoms with Gasteiger partial charge in [-0.25, -0.2) is 0 Å². The van der Waals surface area contributed by atoms with Crippen LogP contribution in [0.3, 0.4) is 0 Å². The molecule has 0 aliphatic heterocycles. The smallest absolute Gasteiger partial charge is 0.247 e. The zero-order valence-electron chi connectivity index (χ0n) is 21.8. The number of hydrogen-bond acceptors (Lipinski definition) is 5. The Balaban J connectivity index is 1.68. The van der Waals surface area contributed by atoms with Crippen molar-refractivity contribution in [2.45, 2.75) is 25.6 Å². The molecule has 2 amide bonds. The van der Waals surface area contributed by atoms with Gasteiger partial charge in [0.05, 0.1) is 32.9 Å². The fourth-order valence-corrected chi connectivity index (χ4v) is 4.39. The average Bonchev–Trinajstić information content (AvgIpc) is 2.97. The van der Waals surface area contributed by atoms with Crippen LogP contribution in [0.15, 0.2) is 97.2 Å². The molecule has 4 aromatic rings. The summed E-state index contributed by atoms with van der Waals surface area (Å²) in [5, 5.41) is 3.56. The number of methoxy groups -OCH3 is 2. The third kappa shape index (κ3) is 7.36. The Morgan fingerprint density at radius 1 is 0.872 bits per heavy atom. The maximum absolute atomic E-state index is 14.0. The number of carbonyl (C=O) groups is 2. The minimum absolute atomic E-state index is 0.0603. The van der Waals surface area contributed by atoms with Crippen LogP contribution in [-0.2, 0) is 29.1 Å². The van der Waals surface area contributed by atoms with Crippen LogP contribution in [0.2, 0.25) is 5.02 Å². The Morgan fingerprint density at radius 2 is 1.56 bits per heavy atom. The number of nitrogens with zero attached hydrogens (tertiary/aromatic N) is 2. The Labute approximate surface area is 233 Å². The summed E-state index contributed by atoms with van der Waals surface area (Å²) in [5.41, 5.74) is 3.00. The maximum atomic E-state index is 14.0. The lowest BCUT2D eigenvalue weighted by molar-refractivity contribution is -0.141. The van der Waals surface area contributed by atoms with Gasteiger partial charge in [0.2, 0.25) is 11.8 Å². The lowest BCUT2D eigenvalue weighted by Gasteiger charge is -2.32. The summed E-state index contributed by atoms with van der Waals surface area (Å²) in [6.07, 6.45) is 1.74.